The zero-order valence-electron chi connectivity index (χ0n) is 15.0. The van der Waals surface area contributed by atoms with Crippen LogP contribution in [0.5, 0.6) is 0 Å². The van der Waals surface area contributed by atoms with E-state index in [1.807, 2.05) is 40.1 Å². The van der Waals surface area contributed by atoms with Crippen LogP contribution in [0.25, 0.3) is 0 Å². The summed E-state index contributed by atoms with van der Waals surface area (Å²) in [5, 5.41) is 0.492. The molecular weight excluding hydrogens is 348 g/mol. The van der Waals surface area contributed by atoms with E-state index in [2.05, 4.69) is 4.99 Å². The van der Waals surface area contributed by atoms with Crippen LogP contribution in [0.15, 0.2) is 35.3 Å². The Labute approximate surface area is 160 Å². The van der Waals surface area contributed by atoms with E-state index in [0.29, 0.717) is 37.3 Å². The molecule has 2 saturated heterocycles. The van der Waals surface area contributed by atoms with Crippen molar-refractivity contribution < 1.29 is 9.53 Å². The van der Waals surface area contributed by atoms with Crippen molar-refractivity contribution in [2.24, 2.45) is 16.6 Å². The lowest BCUT2D eigenvalue weighted by Crippen LogP contribution is -2.41. The van der Waals surface area contributed by atoms with Crippen LogP contribution in [-0.2, 0) is 9.53 Å². The van der Waals surface area contributed by atoms with Gasteiger partial charge in [0.2, 0.25) is 5.91 Å². The molecule has 2 fully saturated rings. The lowest BCUT2D eigenvalue weighted by Gasteiger charge is -2.28. The maximum absolute atomic E-state index is 12.7. The number of aliphatic imine (C=N–C) groups is 1. The number of carbonyl (C=O) groups excluding carboxylic acids is 1. The highest BCUT2D eigenvalue weighted by molar-refractivity contribution is 7.80. The Hall–Kier alpha value is -1.99. The number of amidine groups is 1. The predicted molar refractivity (Wildman–Crippen MR) is 106 cm³/mol. The van der Waals surface area contributed by atoms with E-state index in [-0.39, 0.29) is 11.8 Å². The van der Waals surface area contributed by atoms with Crippen LogP contribution in [-0.4, -0.2) is 66.0 Å². The zero-order chi connectivity index (χ0) is 18.4. The maximum atomic E-state index is 12.7. The van der Waals surface area contributed by atoms with E-state index >= 15 is 0 Å². The number of nitrogens with zero attached hydrogens (tertiary/aromatic N) is 3. The SMILES string of the molecule is N/C(=N\C(=S)N1CCCN(C(=O)C2CCOCC2)CC1)c1ccccc1. The van der Waals surface area contributed by atoms with Gasteiger partial charge in [0.05, 0.1) is 0 Å². The van der Waals surface area contributed by atoms with E-state index in [1.54, 1.807) is 0 Å². The Balaban J connectivity index is 1.57. The van der Waals surface area contributed by atoms with E-state index in [0.717, 1.165) is 37.9 Å². The topological polar surface area (TPSA) is 71.2 Å². The summed E-state index contributed by atoms with van der Waals surface area (Å²) in [6.45, 7) is 4.31. The van der Waals surface area contributed by atoms with Gasteiger partial charge in [0.1, 0.15) is 5.84 Å². The molecule has 0 aliphatic carbocycles. The van der Waals surface area contributed by atoms with Gasteiger partial charge in [-0.1, -0.05) is 30.3 Å². The summed E-state index contributed by atoms with van der Waals surface area (Å²) in [7, 11) is 0. The van der Waals surface area contributed by atoms with Gasteiger partial charge in [0, 0.05) is 50.9 Å². The Bertz CT molecular complexity index is 659. The number of hydrogen-bond acceptors (Lipinski definition) is 3. The van der Waals surface area contributed by atoms with Gasteiger partial charge in [-0.15, -0.1) is 0 Å². The van der Waals surface area contributed by atoms with Crippen LogP contribution in [0.4, 0.5) is 0 Å². The normalized spacial score (nSPS) is 19.9. The molecule has 0 bridgehead atoms. The second-order valence-electron chi connectivity index (χ2n) is 6.70. The van der Waals surface area contributed by atoms with Crippen molar-refractivity contribution in [3.05, 3.63) is 35.9 Å². The molecule has 2 aliphatic rings. The largest absolute Gasteiger partial charge is 0.383 e. The molecule has 0 saturated carbocycles. The van der Waals surface area contributed by atoms with Gasteiger partial charge in [-0.05, 0) is 31.5 Å². The molecule has 2 aliphatic heterocycles. The maximum Gasteiger partial charge on any atom is 0.225 e. The molecular formula is C19H26N4O2S. The highest BCUT2D eigenvalue weighted by Crippen LogP contribution is 2.19. The minimum Gasteiger partial charge on any atom is -0.383 e. The first-order valence-electron chi connectivity index (χ1n) is 9.20. The second-order valence-corrected chi connectivity index (χ2v) is 7.06. The van der Waals surface area contributed by atoms with Crippen molar-refractivity contribution in [1.29, 1.82) is 0 Å². The number of ether oxygens (including phenoxy) is 1. The van der Waals surface area contributed by atoms with Crippen LogP contribution < -0.4 is 5.73 Å². The van der Waals surface area contributed by atoms with Gasteiger partial charge in [0.15, 0.2) is 5.11 Å². The Morgan fingerprint density at radius 3 is 2.46 bits per heavy atom. The lowest BCUT2D eigenvalue weighted by molar-refractivity contribution is -0.138. The van der Waals surface area contributed by atoms with Gasteiger partial charge >= 0.3 is 0 Å². The van der Waals surface area contributed by atoms with Gasteiger partial charge in [0.25, 0.3) is 0 Å². The summed E-state index contributed by atoms with van der Waals surface area (Å²) >= 11 is 5.48. The number of amides is 1. The summed E-state index contributed by atoms with van der Waals surface area (Å²) in [5.74, 6) is 0.789. The minimum absolute atomic E-state index is 0.106. The van der Waals surface area contributed by atoms with Crippen LogP contribution in [0.2, 0.25) is 0 Å². The van der Waals surface area contributed by atoms with Gasteiger partial charge in [-0.3, -0.25) is 4.79 Å². The highest BCUT2D eigenvalue weighted by Gasteiger charge is 2.28. The van der Waals surface area contributed by atoms with Crippen molar-refractivity contribution >= 4 is 29.1 Å². The third kappa shape index (κ3) is 4.80. The first-order valence-corrected chi connectivity index (χ1v) is 9.61. The Morgan fingerprint density at radius 2 is 1.73 bits per heavy atom. The molecule has 0 unspecified atom stereocenters. The van der Waals surface area contributed by atoms with Gasteiger partial charge < -0.3 is 20.3 Å². The van der Waals surface area contributed by atoms with Crippen LogP contribution in [0, 0.1) is 5.92 Å². The molecule has 0 radical (unpaired) electrons. The molecule has 140 valence electrons. The molecule has 1 aromatic rings. The highest BCUT2D eigenvalue weighted by atomic mass is 32.1. The van der Waals surface area contributed by atoms with E-state index in [9.17, 15) is 4.79 Å². The fourth-order valence-corrected chi connectivity index (χ4v) is 3.66. The smallest absolute Gasteiger partial charge is 0.225 e. The molecule has 3 rings (SSSR count). The van der Waals surface area contributed by atoms with Crippen LogP contribution in [0.1, 0.15) is 24.8 Å². The van der Waals surface area contributed by atoms with Crippen molar-refractivity contribution in [2.75, 3.05) is 39.4 Å². The molecule has 6 nitrogen and oxygen atoms in total. The van der Waals surface area contributed by atoms with Crippen molar-refractivity contribution in [1.82, 2.24) is 9.80 Å². The minimum atomic E-state index is 0.106. The first kappa shape index (κ1) is 18.8. The van der Waals surface area contributed by atoms with Gasteiger partial charge in [-0.25, -0.2) is 4.99 Å². The molecule has 0 aromatic heterocycles. The summed E-state index contributed by atoms with van der Waals surface area (Å²) in [4.78, 5) is 21.1. The molecule has 7 heteroatoms. The van der Waals surface area contributed by atoms with Crippen LogP contribution in [0.3, 0.4) is 0 Å². The van der Waals surface area contributed by atoms with Gasteiger partial charge in [-0.2, -0.15) is 0 Å². The average molecular weight is 375 g/mol. The van der Waals surface area contributed by atoms with Crippen molar-refractivity contribution in [3.8, 4) is 0 Å². The molecule has 1 aromatic carbocycles. The summed E-state index contributed by atoms with van der Waals surface area (Å²) < 4.78 is 5.36. The number of nitrogens with two attached hydrogens (primary N) is 1. The monoisotopic (exact) mass is 374 g/mol. The van der Waals surface area contributed by atoms with E-state index in [4.69, 9.17) is 22.7 Å². The number of hydrogen-bond donors (Lipinski definition) is 1. The number of rotatable bonds is 2. The van der Waals surface area contributed by atoms with E-state index < -0.39 is 0 Å². The molecule has 2 N–H and O–H groups in total. The Morgan fingerprint density at radius 1 is 1.08 bits per heavy atom. The average Bonchev–Trinajstić information content (AvgIpc) is 2.95. The zero-order valence-corrected chi connectivity index (χ0v) is 15.8. The third-order valence-electron chi connectivity index (χ3n) is 4.93. The molecule has 2 heterocycles. The number of thiocarbonyl (C=S) groups is 1. The van der Waals surface area contributed by atoms with E-state index in [1.165, 1.54) is 0 Å². The van der Waals surface area contributed by atoms with Crippen molar-refractivity contribution in [3.63, 3.8) is 0 Å². The quantitative estimate of drug-likeness (QED) is 0.484. The Kier molecular flexibility index (Phi) is 6.57. The molecule has 0 atom stereocenters. The first-order chi connectivity index (χ1) is 12.6. The number of carbonyl (C=O) groups is 1. The van der Waals surface area contributed by atoms with Crippen LogP contribution >= 0.6 is 12.2 Å². The second kappa shape index (κ2) is 9.09. The third-order valence-corrected chi connectivity index (χ3v) is 5.28. The lowest BCUT2D eigenvalue weighted by atomic mass is 9.98. The standard InChI is InChI=1S/C19H26N4O2S/c20-17(15-5-2-1-3-6-15)21-19(26)23-10-4-9-22(11-12-23)18(24)16-7-13-25-14-8-16/h1-3,5-6,16H,4,7-14H2,(H2,20,21,26). The fraction of sp³-hybridized carbons (Fsp3) is 0.526. The van der Waals surface area contributed by atoms with Crippen molar-refractivity contribution in [2.45, 2.75) is 19.3 Å². The number of benzene rings is 1. The summed E-state index contributed by atoms with van der Waals surface area (Å²) in [6.07, 6.45) is 2.54. The fourth-order valence-electron chi connectivity index (χ4n) is 3.38. The predicted octanol–water partition coefficient (Wildman–Crippen LogP) is 1.64. The summed E-state index contributed by atoms with van der Waals surface area (Å²) in [5.41, 5.74) is 6.94. The summed E-state index contributed by atoms with van der Waals surface area (Å²) in [6, 6.07) is 9.61. The molecule has 26 heavy (non-hydrogen) atoms. The molecule has 0 spiro atoms. The molecule has 1 amide bonds.